The summed E-state index contributed by atoms with van der Waals surface area (Å²) in [5.74, 6) is 0.898. The van der Waals surface area contributed by atoms with Gasteiger partial charge in [0.15, 0.2) is 5.78 Å². The molecule has 0 amide bonds. The molecule has 0 saturated heterocycles. The Balaban J connectivity index is 2.03. The molecule has 1 aliphatic heterocycles. The summed E-state index contributed by atoms with van der Waals surface area (Å²) in [4.78, 5) is 12.3. The zero-order valence-electron chi connectivity index (χ0n) is 11.1. The van der Waals surface area contributed by atoms with E-state index in [0.29, 0.717) is 6.42 Å². The Labute approximate surface area is 113 Å². The molecule has 2 aromatic carbocycles. The monoisotopic (exact) mass is 252 g/mol. The fourth-order valence-electron chi connectivity index (χ4n) is 2.70. The lowest BCUT2D eigenvalue weighted by atomic mass is 9.92. The molecule has 0 bridgehead atoms. The minimum atomic E-state index is -0.164. The van der Waals surface area contributed by atoms with E-state index in [1.807, 2.05) is 56.3 Å². The van der Waals surface area contributed by atoms with Gasteiger partial charge >= 0.3 is 0 Å². The van der Waals surface area contributed by atoms with Gasteiger partial charge in [0.1, 0.15) is 11.9 Å². The summed E-state index contributed by atoms with van der Waals surface area (Å²) in [6, 6.07) is 13.9. The Bertz CT molecular complexity index is 629. The molecule has 0 fully saturated rings. The van der Waals surface area contributed by atoms with Crippen LogP contribution in [0.1, 0.15) is 39.6 Å². The van der Waals surface area contributed by atoms with Crippen molar-refractivity contribution >= 4 is 5.78 Å². The molecule has 3 rings (SSSR count). The van der Waals surface area contributed by atoms with Crippen LogP contribution >= 0.6 is 0 Å². The maximum Gasteiger partial charge on any atom is 0.170 e. The summed E-state index contributed by atoms with van der Waals surface area (Å²) >= 11 is 0. The number of ketones is 1. The Morgan fingerprint density at radius 2 is 1.84 bits per heavy atom. The third-order valence-electron chi connectivity index (χ3n) is 3.53. The number of Topliss-reactive ketones (excluding diaryl/α,β-unsaturated/α-hetero) is 1. The number of rotatable bonds is 1. The second kappa shape index (κ2) is 4.54. The van der Waals surface area contributed by atoms with Crippen molar-refractivity contribution in [3.05, 3.63) is 64.7 Å². The first-order valence-corrected chi connectivity index (χ1v) is 6.51. The highest BCUT2D eigenvalue weighted by molar-refractivity contribution is 6.01. The number of hydrogen-bond acceptors (Lipinski definition) is 2. The van der Waals surface area contributed by atoms with Gasteiger partial charge in [-0.1, -0.05) is 36.4 Å². The van der Waals surface area contributed by atoms with E-state index in [1.165, 1.54) is 0 Å². The Kier molecular flexibility index (Phi) is 2.86. The van der Waals surface area contributed by atoms with E-state index in [1.54, 1.807) is 0 Å². The van der Waals surface area contributed by atoms with Gasteiger partial charge in [-0.15, -0.1) is 0 Å². The van der Waals surface area contributed by atoms with Crippen LogP contribution in [0.15, 0.2) is 42.5 Å². The van der Waals surface area contributed by atoms with Gasteiger partial charge in [0, 0.05) is 0 Å². The van der Waals surface area contributed by atoms with Crippen LogP contribution in [0.5, 0.6) is 5.75 Å². The van der Waals surface area contributed by atoms with Crippen molar-refractivity contribution in [1.82, 2.24) is 0 Å². The maximum atomic E-state index is 12.3. The predicted molar refractivity (Wildman–Crippen MR) is 74.7 cm³/mol. The molecular weight excluding hydrogens is 236 g/mol. The zero-order chi connectivity index (χ0) is 13.4. The van der Waals surface area contributed by atoms with Crippen molar-refractivity contribution in [3.63, 3.8) is 0 Å². The molecule has 0 aliphatic carbocycles. The van der Waals surface area contributed by atoms with Crippen LogP contribution in [0.25, 0.3) is 0 Å². The maximum absolute atomic E-state index is 12.3. The lowest BCUT2D eigenvalue weighted by Crippen LogP contribution is -2.21. The summed E-state index contributed by atoms with van der Waals surface area (Å²) in [5, 5.41) is 0. The second-order valence-corrected chi connectivity index (χ2v) is 5.10. The van der Waals surface area contributed by atoms with Crippen molar-refractivity contribution in [3.8, 4) is 5.75 Å². The molecule has 0 spiro atoms. The van der Waals surface area contributed by atoms with Gasteiger partial charge < -0.3 is 4.74 Å². The average molecular weight is 252 g/mol. The predicted octanol–water partition coefficient (Wildman–Crippen LogP) is 4.01. The smallest absolute Gasteiger partial charge is 0.170 e. The number of carbonyl (C=O) groups excluding carboxylic acids is 1. The molecule has 2 nitrogen and oxygen atoms in total. The normalized spacial score (nSPS) is 17.8. The molecule has 1 aliphatic rings. The van der Waals surface area contributed by atoms with Crippen molar-refractivity contribution in [2.45, 2.75) is 26.4 Å². The van der Waals surface area contributed by atoms with E-state index in [-0.39, 0.29) is 11.9 Å². The summed E-state index contributed by atoms with van der Waals surface area (Å²) in [7, 11) is 0. The molecule has 0 saturated carbocycles. The molecule has 1 heterocycles. The van der Waals surface area contributed by atoms with Crippen LogP contribution < -0.4 is 4.74 Å². The third-order valence-corrected chi connectivity index (χ3v) is 3.53. The molecule has 0 aromatic heterocycles. The van der Waals surface area contributed by atoms with Crippen LogP contribution in [-0.4, -0.2) is 5.78 Å². The minimum absolute atomic E-state index is 0.164. The summed E-state index contributed by atoms with van der Waals surface area (Å²) < 4.78 is 6.03. The first-order valence-electron chi connectivity index (χ1n) is 6.51. The van der Waals surface area contributed by atoms with E-state index in [2.05, 4.69) is 0 Å². The van der Waals surface area contributed by atoms with Crippen LogP contribution in [0, 0.1) is 13.8 Å². The Hall–Kier alpha value is -2.09. The summed E-state index contributed by atoms with van der Waals surface area (Å²) in [6.07, 6.45) is 0.253. The van der Waals surface area contributed by atoms with Gasteiger partial charge in [0.25, 0.3) is 0 Å². The lowest BCUT2D eigenvalue weighted by Gasteiger charge is -2.27. The fraction of sp³-hybridized carbons (Fsp3) is 0.235. The minimum Gasteiger partial charge on any atom is -0.484 e. The number of ether oxygens (including phenoxy) is 1. The van der Waals surface area contributed by atoms with Gasteiger partial charge in [-0.3, -0.25) is 4.79 Å². The standard InChI is InChI=1S/C17H16O2/c1-11-8-12(2)17-14(18)10-15(19-16(17)9-11)13-6-4-3-5-7-13/h3-9,15H,10H2,1-2H3/t15-/m0/s1. The lowest BCUT2D eigenvalue weighted by molar-refractivity contribution is 0.0849. The first-order chi connectivity index (χ1) is 9.15. The molecule has 1 atom stereocenters. The van der Waals surface area contributed by atoms with E-state index < -0.39 is 0 Å². The van der Waals surface area contributed by atoms with Crippen molar-refractivity contribution in [2.24, 2.45) is 0 Å². The fourth-order valence-corrected chi connectivity index (χ4v) is 2.70. The van der Waals surface area contributed by atoms with Crippen LogP contribution in [0.4, 0.5) is 0 Å². The van der Waals surface area contributed by atoms with E-state index in [0.717, 1.165) is 28.0 Å². The third kappa shape index (κ3) is 2.14. The van der Waals surface area contributed by atoms with Crippen LogP contribution in [-0.2, 0) is 0 Å². The SMILES string of the molecule is Cc1cc(C)c2c(c1)O[C@H](c1ccccc1)CC2=O. The number of fused-ring (bicyclic) bond motifs is 1. The molecule has 2 aromatic rings. The molecule has 0 N–H and O–H groups in total. The Morgan fingerprint density at radius 1 is 1.11 bits per heavy atom. The van der Waals surface area contributed by atoms with Gasteiger partial charge in [-0.25, -0.2) is 0 Å². The van der Waals surface area contributed by atoms with Gasteiger partial charge in [0.2, 0.25) is 0 Å². The molecule has 2 heteroatoms. The highest BCUT2D eigenvalue weighted by Gasteiger charge is 2.28. The summed E-state index contributed by atoms with van der Waals surface area (Å²) in [5.41, 5.74) is 3.93. The molecule has 0 radical (unpaired) electrons. The number of carbonyl (C=O) groups is 1. The van der Waals surface area contributed by atoms with Gasteiger partial charge in [-0.2, -0.15) is 0 Å². The molecule has 19 heavy (non-hydrogen) atoms. The largest absolute Gasteiger partial charge is 0.484 e. The first kappa shape index (κ1) is 12.0. The summed E-state index contributed by atoms with van der Waals surface area (Å²) in [6.45, 7) is 3.99. The van der Waals surface area contributed by atoms with Crippen LogP contribution in [0.3, 0.4) is 0 Å². The van der Waals surface area contributed by atoms with E-state index in [4.69, 9.17) is 4.74 Å². The number of benzene rings is 2. The topological polar surface area (TPSA) is 26.3 Å². The second-order valence-electron chi connectivity index (χ2n) is 5.10. The van der Waals surface area contributed by atoms with E-state index in [9.17, 15) is 4.79 Å². The van der Waals surface area contributed by atoms with Crippen molar-refractivity contribution < 1.29 is 9.53 Å². The zero-order valence-corrected chi connectivity index (χ0v) is 11.1. The molecule has 0 unspecified atom stereocenters. The van der Waals surface area contributed by atoms with Gasteiger partial charge in [-0.05, 0) is 36.6 Å². The number of aryl methyl sites for hydroxylation is 2. The number of hydrogen-bond donors (Lipinski definition) is 0. The Morgan fingerprint density at radius 3 is 2.58 bits per heavy atom. The molecule has 96 valence electrons. The average Bonchev–Trinajstić information content (AvgIpc) is 2.38. The van der Waals surface area contributed by atoms with Gasteiger partial charge in [0.05, 0.1) is 12.0 Å². The quantitative estimate of drug-likeness (QED) is 0.766. The van der Waals surface area contributed by atoms with E-state index >= 15 is 0 Å². The van der Waals surface area contributed by atoms with Crippen molar-refractivity contribution in [1.29, 1.82) is 0 Å². The highest BCUT2D eigenvalue weighted by Crippen LogP contribution is 2.37. The van der Waals surface area contributed by atoms with Crippen LogP contribution in [0.2, 0.25) is 0 Å². The molecular formula is C17H16O2. The van der Waals surface area contributed by atoms with Crippen molar-refractivity contribution in [2.75, 3.05) is 0 Å². The highest BCUT2D eigenvalue weighted by atomic mass is 16.5.